The fraction of sp³-hybridized carbons (Fsp3) is 0.435. The number of hydrogen-bond acceptors (Lipinski definition) is 4. The van der Waals surface area contributed by atoms with Crippen LogP contribution in [0, 0.1) is 6.92 Å². The van der Waals surface area contributed by atoms with Crippen LogP contribution in [0.2, 0.25) is 0 Å². The molecule has 2 amide bonds. The van der Waals surface area contributed by atoms with Crippen molar-refractivity contribution in [3.63, 3.8) is 0 Å². The zero-order valence-electron chi connectivity index (χ0n) is 18.6. The van der Waals surface area contributed by atoms with Crippen LogP contribution in [0.3, 0.4) is 0 Å². The summed E-state index contributed by atoms with van der Waals surface area (Å²) >= 11 is 0. The van der Waals surface area contributed by atoms with Crippen molar-refractivity contribution in [3.05, 3.63) is 47.7 Å². The molecule has 9 heteroatoms. The van der Waals surface area contributed by atoms with Gasteiger partial charge in [-0.25, -0.2) is 9.78 Å². The highest BCUT2D eigenvalue weighted by molar-refractivity contribution is 6.03. The molecule has 1 aliphatic carbocycles. The number of nitrogens with one attached hydrogen (secondary N) is 1. The van der Waals surface area contributed by atoms with Crippen molar-refractivity contribution >= 4 is 23.4 Å². The Morgan fingerprint density at radius 1 is 1.19 bits per heavy atom. The van der Waals surface area contributed by atoms with Gasteiger partial charge in [-0.3, -0.25) is 9.69 Å². The van der Waals surface area contributed by atoms with E-state index in [0.29, 0.717) is 5.69 Å². The van der Waals surface area contributed by atoms with Gasteiger partial charge in [0.1, 0.15) is 5.69 Å². The van der Waals surface area contributed by atoms with E-state index in [1.165, 1.54) is 6.07 Å². The first-order valence-corrected chi connectivity index (χ1v) is 10.4. The van der Waals surface area contributed by atoms with Gasteiger partial charge in [0.05, 0.1) is 0 Å². The Bertz CT molecular complexity index is 929. The average Bonchev–Trinajstić information content (AvgIpc) is 2.65. The molecule has 1 fully saturated rings. The Morgan fingerprint density at radius 2 is 1.81 bits per heavy atom. The van der Waals surface area contributed by atoms with Gasteiger partial charge in [0, 0.05) is 24.3 Å². The van der Waals surface area contributed by atoms with Gasteiger partial charge in [-0.05, 0) is 55.9 Å². The average molecular weight is 449 g/mol. The fourth-order valence-corrected chi connectivity index (χ4v) is 3.29. The Hall–Kier alpha value is -3.23. The molecule has 32 heavy (non-hydrogen) atoms. The third-order valence-electron chi connectivity index (χ3n) is 4.92. The lowest BCUT2D eigenvalue weighted by molar-refractivity contribution is -0.134. The lowest BCUT2D eigenvalue weighted by Crippen LogP contribution is -2.47. The molecule has 0 bridgehead atoms. The molecule has 1 heterocycles. The van der Waals surface area contributed by atoms with E-state index in [1.54, 1.807) is 17.9 Å². The maximum absolute atomic E-state index is 13.2. The van der Waals surface area contributed by atoms with Crippen molar-refractivity contribution in [2.24, 2.45) is 0 Å². The molecule has 7 nitrogen and oxygen atoms in total. The predicted octanol–water partition coefficient (Wildman–Crippen LogP) is 5.80. The SMILES string of the molecule is CC(=O)O.Cc1ccc(NC(=O)N(c2ccccc2C(C)C)C2CCC2)c(OC(F)F)n1. The molecule has 1 aromatic heterocycles. The number of aromatic nitrogens is 1. The molecule has 1 aromatic carbocycles. The first-order valence-electron chi connectivity index (χ1n) is 10.4. The fourth-order valence-electron chi connectivity index (χ4n) is 3.29. The summed E-state index contributed by atoms with van der Waals surface area (Å²) in [5.41, 5.74) is 2.56. The Balaban J connectivity index is 0.000000837. The summed E-state index contributed by atoms with van der Waals surface area (Å²) in [4.78, 5) is 27.9. The second-order valence-electron chi connectivity index (χ2n) is 7.80. The van der Waals surface area contributed by atoms with Gasteiger partial charge >= 0.3 is 12.6 Å². The number of alkyl halides is 2. The van der Waals surface area contributed by atoms with Crippen molar-refractivity contribution in [2.75, 3.05) is 10.2 Å². The Morgan fingerprint density at radius 3 is 2.34 bits per heavy atom. The Labute approximate surface area is 186 Å². The van der Waals surface area contributed by atoms with E-state index in [0.717, 1.165) is 37.4 Å². The third kappa shape index (κ3) is 6.90. The number of nitrogens with zero attached hydrogens (tertiary/aromatic N) is 2. The number of carboxylic acids is 1. The molecule has 3 rings (SSSR count). The highest BCUT2D eigenvalue weighted by atomic mass is 19.3. The molecule has 1 aliphatic rings. The summed E-state index contributed by atoms with van der Waals surface area (Å²) in [6.45, 7) is 3.89. The van der Waals surface area contributed by atoms with Crippen molar-refractivity contribution in [3.8, 4) is 5.88 Å². The largest absolute Gasteiger partial charge is 0.481 e. The normalized spacial score (nSPS) is 13.1. The number of anilines is 2. The molecule has 0 aliphatic heterocycles. The third-order valence-corrected chi connectivity index (χ3v) is 4.92. The molecule has 0 unspecified atom stereocenters. The lowest BCUT2D eigenvalue weighted by atomic mass is 9.90. The zero-order valence-corrected chi connectivity index (χ0v) is 18.6. The summed E-state index contributed by atoms with van der Waals surface area (Å²) < 4.78 is 30.0. The van der Waals surface area contributed by atoms with Crippen LogP contribution in [0.15, 0.2) is 36.4 Å². The van der Waals surface area contributed by atoms with Gasteiger partial charge in [-0.15, -0.1) is 0 Å². The highest BCUT2D eigenvalue weighted by Crippen LogP contribution is 2.35. The highest BCUT2D eigenvalue weighted by Gasteiger charge is 2.32. The molecular weight excluding hydrogens is 420 g/mol. The topological polar surface area (TPSA) is 91.8 Å². The first-order chi connectivity index (χ1) is 15.1. The van der Waals surface area contributed by atoms with E-state index in [2.05, 4.69) is 28.9 Å². The number of carboxylic acid groups (broad SMARTS) is 1. The number of benzene rings is 1. The molecule has 2 aromatic rings. The number of carbonyl (C=O) groups is 2. The number of rotatable bonds is 6. The van der Waals surface area contributed by atoms with Crippen molar-refractivity contribution in [1.82, 2.24) is 4.98 Å². The maximum Gasteiger partial charge on any atom is 0.388 e. The smallest absolute Gasteiger partial charge is 0.388 e. The van der Waals surface area contributed by atoms with E-state index in [-0.39, 0.29) is 29.6 Å². The molecule has 0 atom stereocenters. The van der Waals surface area contributed by atoms with Gasteiger partial charge in [-0.2, -0.15) is 8.78 Å². The van der Waals surface area contributed by atoms with E-state index < -0.39 is 12.6 Å². The van der Waals surface area contributed by atoms with Crippen LogP contribution >= 0.6 is 0 Å². The number of aliphatic carboxylic acids is 1. The van der Waals surface area contributed by atoms with Crippen molar-refractivity contribution in [1.29, 1.82) is 0 Å². The number of hydrogen-bond donors (Lipinski definition) is 2. The maximum atomic E-state index is 13.2. The van der Waals surface area contributed by atoms with Gasteiger partial charge in [-0.1, -0.05) is 32.0 Å². The molecule has 0 saturated heterocycles. The number of carbonyl (C=O) groups excluding carboxylic acids is 1. The van der Waals surface area contributed by atoms with Gasteiger partial charge in [0.15, 0.2) is 0 Å². The molecular formula is C23H29F2N3O4. The van der Waals surface area contributed by atoms with Gasteiger partial charge < -0.3 is 15.2 Å². The van der Waals surface area contributed by atoms with E-state index in [4.69, 9.17) is 9.90 Å². The van der Waals surface area contributed by atoms with Crippen LogP contribution in [-0.4, -0.2) is 34.7 Å². The Kier molecular flexibility index (Phi) is 8.92. The monoisotopic (exact) mass is 449 g/mol. The molecule has 0 spiro atoms. The number of urea groups is 1. The summed E-state index contributed by atoms with van der Waals surface area (Å²) in [6.07, 6.45) is 2.88. The number of pyridine rings is 1. The minimum Gasteiger partial charge on any atom is -0.481 e. The van der Waals surface area contributed by atoms with Crippen LogP contribution in [0.25, 0.3) is 0 Å². The number of halogens is 2. The van der Waals surface area contributed by atoms with Crippen LogP contribution in [-0.2, 0) is 4.79 Å². The van der Waals surface area contributed by atoms with Crippen molar-refractivity contribution < 1.29 is 28.2 Å². The zero-order chi connectivity index (χ0) is 23.8. The van der Waals surface area contributed by atoms with Gasteiger partial charge in [0.25, 0.3) is 5.97 Å². The van der Waals surface area contributed by atoms with Gasteiger partial charge in [0.2, 0.25) is 5.88 Å². The summed E-state index contributed by atoms with van der Waals surface area (Å²) in [5, 5.41) is 10.1. The number of amides is 2. The van der Waals surface area contributed by atoms with Crippen LogP contribution in [0.1, 0.15) is 57.2 Å². The number of aryl methyl sites for hydroxylation is 1. The van der Waals surface area contributed by atoms with Crippen LogP contribution in [0.4, 0.5) is 25.0 Å². The molecule has 174 valence electrons. The predicted molar refractivity (Wildman–Crippen MR) is 119 cm³/mol. The van der Waals surface area contributed by atoms with Crippen molar-refractivity contribution in [2.45, 2.75) is 65.5 Å². The minimum atomic E-state index is -3.02. The molecule has 0 radical (unpaired) electrons. The standard InChI is InChI=1S/C21H25F2N3O2.C2H4O2/c1-13(2)16-9-4-5-10-18(16)26(15-7-6-8-15)21(27)25-17-12-11-14(3)24-19(17)28-20(22)23;1-2(3)4/h4-5,9-13,15,20H,6-8H2,1-3H3,(H,25,27);1H3,(H,3,4). The quantitative estimate of drug-likeness (QED) is 0.582. The van der Waals surface area contributed by atoms with Crippen LogP contribution < -0.4 is 15.0 Å². The first kappa shape index (κ1) is 25.0. The molecule has 2 N–H and O–H groups in total. The van der Waals surface area contributed by atoms with E-state index >= 15 is 0 Å². The number of ether oxygens (including phenoxy) is 1. The second-order valence-corrected chi connectivity index (χ2v) is 7.80. The minimum absolute atomic E-state index is 0.0813. The summed E-state index contributed by atoms with van der Waals surface area (Å²) in [7, 11) is 0. The van der Waals surface area contributed by atoms with E-state index in [1.807, 2.05) is 24.3 Å². The van der Waals surface area contributed by atoms with Crippen LogP contribution in [0.5, 0.6) is 5.88 Å². The molecule has 1 saturated carbocycles. The lowest BCUT2D eigenvalue weighted by Gasteiger charge is -2.39. The summed E-state index contributed by atoms with van der Waals surface area (Å²) in [5.74, 6) is -0.876. The van der Waals surface area contributed by atoms with E-state index in [9.17, 15) is 13.6 Å². The second kappa shape index (κ2) is 11.4. The summed E-state index contributed by atoms with van der Waals surface area (Å²) in [6, 6.07) is 10.7. The number of para-hydroxylation sites is 1.